The van der Waals surface area contributed by atoms with Crippen LogP contribution in [0.25, 0.3) is 0 Å². The Morgan fingerprint density at radius 2 is 1.81 bits per heavy atom. The lowest BCUT2D eigenvalue weighted by atomic mass is 10.2. The minimum Gasteiger partial charge on any atom is -0.619 e. The van der Waals surface area contributed by atoms with Crippen molar-refractivity contribution >= 4 is 15.9 Å². The van der Waals surface area contributed by atoms with E-state index < -0.39 is 10.0 Å². The standard InChI is InChI=1S/C18H21N3O4S/c1-15-5-7-17(8-6-15)26(24,25)21-11-3-9-19(12-13-21)18(22)16-4-2-10-20(23)14-16/h2,4-8,10,14H,3,9,11-13H2,1H3. The van der Waals surface area contributed by atoms with Gasteiger partial charge < -0.3 is 10.1 Å². The largest absolute Gasteiger partial charge is 0.619 e. The molecule has 0 atom stereocenters. The monoisotopic (exact) mass is 375 g/mol. The minimum absolute atomic E-state index is 0.228. The van der Waals surface area contributed by atoms with Crippen molar-refractivity contribution in [3.8, 4) is 0 Å². The second-order valence-electron chi connectivity index (χ2n) is 6.32. The van der Waals surface area contributed by atoms with Gasteiger partial charge >= 0.3 is 0 Å². The van der Waals surface area contributed by atoms with Crippen molar-refractivity contribution in [2.75, 3.05) is 26.2 Å². The molecule has 1 aliphatic rings. The first-order valence-corrected chi connectivity index (χ1v) is 9.87. The summed E-state index contributed by atoms with van der Waals surface area (Å²) < 4.78 is 27.6. The Balaban J connectivity index is 1.73. The molecule has 0 aliphatic carbocycles. The molecule has 1 aromatic heterocycles. The van der Waals surface area contributed by atoms with Crippen LogP contribution in [0.2, 0.25) is 0 Å². The second kappa shape index (κ2) is 7.43. The molecule has 0 spiro atoms. The van der Waals surface area contributed by atoms with Crippen LogP contribution in [-0.4, -0.2) is 49.7 Å². The summed E-state index contributed by atoms with van der Waals surface area (Å²) in [6.45, 7) is 3.23. The molecule has 0 unspecified atom stereocenters. The van der Waals surface area contributed by atoms with Crippen molar-refractivity contribution in [2.45, 2.75) is 18.2 Å². The quantitative estimate of drug-likeness (QED) is 0.595. The van der Waals surface area contributed by atoms with Crippen LogP contribution in [0.4, 0.5) is 0 Å². The normalized spacial score (nSPS) is 16.3. The molecule has 0 radical (unpaired) electrons. The molecule has 2 aromatic rings. The number of nitrogens with zero attached hydrogens (tertiary/aromatic N) is 3. The third-order valence-electron chi connectivity index (χ3n) is 4.42. The number of aromatic nitrogens is 1. The molecule has 1 saturated heterocycles. The fourth-order valence-electron chi connectivity index (χ4n) is 2.96. The Hall–Kier alpha value is -2.45. The molecule has 1 aromatic carbocycles. The second-order valence-corrected chi connectivity index (χ2v) is 8.25. The average Bonchev–Trinajstić information content (AvgIpc) is 2.88. The SMILES string of the molecule is Cc1ccc(S(=O)(=O)N2CCCN(C(=O)c3ccc[n+]([O-])c3)CC2)cc1. The summed E-state index contributed by atoms with van der Waals surface area (Å²) in [6.07, 6.45) is 3.09. The summed E-state index contributed by atoms with van der Waals surface area (Å²) in [6, 6.07) is 9.86. The summed E-state index contributed by atoms with van der Waals surface area (Å²) in [5.74, 6) is -0.259. The van der Waals surface area contributed by atoms with Crippen LogP contribution >= 0.6 is 0 Å². The molecule has 0 N–H and O–H groups in total. The maximum Gasteiger partial charge on any atom is 0.260 e. The van der Waals surface area contributed by atoms with Gasteiger partial charge in [0.1, 0.15) is 5.56 Å². The molecule has 138 valence electrons. The molecule has 0 bridgehead atoms. The number of carbonyl (C=O) groups is 1. The summed E-state index contributed by atoms with van der Waals surface area (Å²) in [5, 5.41) is 11.4. The summed E-state index contributed by atoms with van der Waals surface area (Å²) >= 11 is 0. The van der Waals surface area contributed by atoms with Crippen molar-refractivity contribution in [3.05, 3.63) is 65.1 Å². The first-order chi connectivity index (χ1) is 12.4. The molecular formula is C18H21N3O4S. The van der Waals surface area contributed by atoms with Crippen LogP contribution in [0.3, 0.4) is 0 Å². The predicted molar refractivity (Wildman–Crippen MR) is 95.9 cm³/mol. The van der Waals surface area contributed by atoms with Gasteiger partial charge in [-0.2, -0.15) is 9.04 Å². The van der Waals surface area contributed by atoms with Gasteiger partial charge in [0.05, 0.1) is 4.90 Å². The zero-order chi connectivity index (χ0) is 18.7. The molecule has 2 heterocycles. The highest BCUT2D eigenvalue weighted by Gasteiger charge is 2.28. The highest BCUT2D eigenvalue weighted by atomic mass is 32.2. The fourth-order valence-corrected chi connectivity index (χ4v) is 4.43. The lowest BCUT2D eigenvalue weighted by molar-refractivity contribution is -0.605. The van der Waals surface area contributed by atoms with E-state index in [1.54, 1.807) is 35.2 Å². The molecule has 1 aliphatic heterocycles. The predicted octanol–water partition coefficient (Wildman–Crippen LogP) is 1.17. The number of benzene rings is 1. The molecule has 7 nitrogen and oxygen atoms in total. The van der Waals surface area contributed by atoms with Gasteiger partial charge in [0.25, 0.3) is 5.91 Å². The van der Waals surface area contributed by atoms with Crippen molar-refractivity contribution in [1.29, 1.82) is 0 Å². The Morgan fingerprint density at radius 3 is 2.50 bits per heavy atom. The van der Waals surface area contributed by atoms with Crippen LogP contribution in [0.15, 0.2) is 53.7 Å². The van der Waals surface area contributed by atoms with E-state index in [-0.39, 0.29) is 23.9 Å². The number of hydrogen-bond donors (Lipinski definition) is 0. The van der Waals surface area contributed by atoms with E-state index in [0.29, 0.717) is 29.8 Å². The molecule has 8 heteroatoms. The number of hydrogen-bond acceptors (Lipinski definition) is 4. The van der Waals surface area contributed by atoms with Crippen LogP contribution in [0.1, 0.15) is 22.3 Å². The van der Waals surface area contributed by atoms with Gasteiger partial charge in [-0.15, -0.1) is 0 Å². The number of amides is 1. The van der Waals surface area contributed by atoms with Crippen molar-refractivity contribution in [1.82, 2.24) is 9.21 Å². The Morgan fingerprint density at radius 1 is 1.08 bits per heavy atom. The van der Waals surface area contributed by atoms with Gasteiger partial charge in [0, 0.05) is 32.2 Å². The van der Waals surface area contributed by atoms with Crippen LogP contribution in [-0.2, 0) is 10.0 Å². The van der Waals surface area contributed by atoms with Crippen LogP contribution in [0.5, 0.6) is 0 Å². The number of carbonyl (C=O) groups excluding carboxylic acids is 1. The number of rotatable bonds is 3. The smallest absolute Gasteiger partial charge is 0.260 e. The van der Waals surface area contributed by atoms with Crippen molar-refractivity contribution in [3.63, 3.8) is 0 Å². The van der Waals surface area contributed by atoms with Gasteiger partial charge in [-0.05, 0) is 31.5 Å². The maximum absolute atomic E-state index is 12.8. The minimum atomic E-state index is -3.58. The van der Waals surface area contributed by atoms with E-state index in [1.807, 2.05) is 6.92 Å². The van der Waals surface area contributed by atoms with E-state index in [0.717, 1.165) is 5.56 Å². The van der Waals surface area contributed by atoms with Crippen molar-refractivity contribution < 1.29 is 17.9 Å². The highest BCUT2D eigenvalue weighted by Crippen LogP contribution is 2.19. The van der Waals surface area contributed by atoms with Gasteiger partial charge in [-0.3, -0.25) is 4.79 Å². The maximum atomic E-state index is 12.8. The zero-order valence-electron chi connectivity index (χ0n) is 14.5. The number of aryl methyl sites for hydroxylation is 1. The average molecular weight is 375 g/mol. The topological polar surface area (TPSA) is 84.6 Å². The molecule has 1 amide bonds. The lowest BCUT2D eigenvalue weighted by Crippen LogP contribution is -2.38. The summed E-state index contributed by atoms with van der Waals surface area (Å²) in [4.78, 5) is 14.4. The Bertz CT molecular complexity index is 897. The zero-order valence-corrected chi connectivity index (χ0v) is 15.4. The third kappa shape index (κ3) is 3.86. The van der Waals surface area contributed by atoms with E-state index >= 15 is 0 Å². The van der Waals surface area contributed by atoms with E-state index in [9.17, 15) is 18.4 Å². The van der Waals surface area contributed by atoms with E-state index in [2.05, 4.69) is 0 Å². The van der Waals surface area contributed by atoms with Gasteiger partial charge in [-0.1, -0.05) is 17.7 Å². The Kier molecular flexibility index (Phi) is 5.24. The van der Waals surface area contributed by atoms with E-state index in [4.69, 9.17) is 0 Å². The number of pyridine rings is 1. The lowest BCUT2D eigenvalue weighted by Gasteiger charge is -2.22. The molecule has 1 fully saturated rings. The van der Waals surface area contributed by atoms with E-state index in [1.165, 1.54) is 22.8 Å². The van der Waals surface area contributed by atoms with Gasteiger partial charge in [0.15, 0.2) is 12.4 Å². The number of sulfonamides is 1. The molecule has 26 heavy (non-hydrogen) atoms. The fraction of sp³-hybridized carbons (Fsp3) is 0.333. The van der Waals surface area contributed by atoms with Gasteiger partial charge in [-0.25, -0.2) is 8.42 Å². The third-order valence-corrected chi connectivity index (χ3v) is 6.34. The molecule has 3 rings (SSSR count). The van der Waals surface area contributed by atoms with Crippen LogP contribution < -0.4 is 4.73 Å². The molecule has 0 saturated carbocycles. The first-order valence-electron chi connectivity index (χ1n) is 8.43. The first kappa shape index (κ1) is 18.3. The van der Waals surface area contributed by atoms with Crippen LogP contribution in [0, 0.1) is 12.1 Å². The van der Waals surface area contributed by atoms with Crippen molar-refractivity contribution in [2.24, 2.45) is 0 Å². The highest BCUT2D eigenvalue weighted by molar-refractivity contribution is 7.89. The Labute approximate surface area is 153 Å². The van der Waals surface area contributed by atoms with Gasteiger partial charge in [0.2, 0.25) is 10.0 Å². The summed E-state index contributed by atoms with van der Waals surface area (Å²) in [5.41, 5.74) is 1.30. The molecular weight excluding hydrogens is 354 g/mol. The summed E-state index contributed by atoms with van der Waals surface area (Å²) in [7, 11) is -3.58.